The van der Waals surface area contributed by atoms with Gasteiger partial charge in [0, 0.05) is 35.8 Å². The molecule has 0 N–H and O–H groups in total. The Morgan fingerprint density at radius 2 is 1.67 bits per heavy atom. The van der Waals surface area contributed by atoms with Crippen LogP contribution in [0.2, 0.25) is 0 Å². The average molecular weight is 504 g/mol. The Bertz CT molecular complexity index is 1290. The first-order chi connectivity index (χ1) is 17.6. The molecule has 3 heterocycles. The van der Waals surface area contributed by atoms with Crippen molar-refractivity contribution >= 4 is 45.8 Å². The zero-order valence-corrected chi connectivity index (χ0v) is 20.9. The number of rotatable bonds is 7. The van der Waals surface area contributed by atoms with Crippen molar-refractivity contribution in [3.8, 4) is 5.75 Å². The number of aromatic nitrogens is 1. The Hall–Kier alpha value is -3.52. The molecule has 2 aliphatic heterocycles. The lowest BCUT2D eigenvalue weighted by molar-refractivity contribution is -0.131. The van der Waals surface area contributed by atoms with Crippen molar-refractivity contribution in [3.63, 3.8) is 0 Å². The van der Waals surface area contributed by atoms with E-state index in [1.54, 1.807) is 6.08 Å². The van der Waals surface area contributed by atoms with E-state index in [4.69, 9.17) is 4.74 Å². The van der Waals surface area contributed by atoms with E-state index in [1.165, 1.54) is 17.7 Å². The van der Waals surface area contributed by atoms with Crippen LogP contribution in [0.3, 0.4) is 0 Å². The van der Waals surface area contributed by atoms with E-state index in [9.17, 15) is 14.4 Å². The van der Waals surface area contributed by atoms with Gasteiger partial charge in [0.1, 0.15) is 18.9 Å². The Balaban J connectivity index is 1.32. The maximum Gasteiger partial charge on any atom is 0.293 e. The van der Waals surface area contributed by atoms with Gasteiger partial charge in [0.05, 0.1) is 11.4 Å². The molecule has 2 aromatic carbocycles. The first-order valence-electron chi connectivity index (χ1n) is 12.4. The summed E-state index contributed by atoms with van der Waals surface area (Å²) in [5.41, 5.74) is 1.75. The summed E-state index contributed by atoms with van der Waals surface area (Å²) in [5.74, 6) is 0.490. The molecule has 0 spiro atoms. The van der Waals surface area contributed by atoms with Crippen LogP contribution in [0, 0.1) is 0 Å². The van der Waals surface area contributed by atoms with E-state index in [0.29, 0.717) is 10.7 Å². The summed E-state index contributed by atoms with van der Waals surface area (Å²) >= 11 is 0.938. The molecule has 186 valence electrons. The zero-order valence-electron chi connectivity index (χ0n) is 20.1. The highest BCUT2D eigenvalue weighted by molar-refractivity contribution is 8.18. The van der Waals surface area contributed by atoms with Crippen LogP contribution in [-0.2, 0) is 16.1 Å². The van der Waals surface area contributed by atoms with Gasteiger partial charge in [-0.1, -0.05) is 49.2 Å². The number of thioether (sulfide) groups is 1. The van der Waals surface area contributed by atoms with Crippen molar-refractivity contribution in [2.75, 3.05) is 26.2 Å². The van der Waals surface area contributed by atoms with Crippen LogP contribution >= 0.6 is 11.8 Å². The number of likely N-dealkylation sites (tertiary alicyclic amines) is 1. The molecule has 1 aromatic heterocycles. The monoisotopic (exact) mass is 503 g/mol. The largest absolute Gasteiger partial charge is 0.492 e. The number of hydrogen-bond acceptors (Lipinski definition) is 5. The predicted molar refractivity (Wildman–Crippen MR) is 142 cm³/mol. The smallest absolute Gasteiger partial charge is 0.293 e. The molecular formula is C28H29N3O4S. The molecule has 7 nitrogen and oxygen atoms in total. The van der Waals surface area contributed by atoms with Crippen molar-refractivity contribution in [2.24, 2.45) is 0 Å². The second-order valence-corrected chi connectivity index (χ2v) is 10.0. The number of amides is 3. The Morgan fingerprint density at radius 1 is 0.944 bits per heavy atom. The van der Waals surface area contributed by atoms with Gasteiger partial charge >= 0.3 is 0 Å². The van der Waals surface area contributed by atoms with Crippen LogP contribution in [-0.4, -0.2) is 57.7 Å². The summed E-state index contributed by atoms with van der Waals surface area (Å²) < 4.78 is 7.61. The van der Waals surface area contributed by atoms with E-state index in [2.05, 4.69) is 0 Å². The third-order valence-electron chi connectivity index (χ3n) is 6.57. The lowest BCUT2D eigenvalue weighted by Gasteiger charge is -2.20. The molecule has 0 unspecified atom stereocenters. The van der Waals surface area contributed by atoms with Crippen LogP contribution in [0.25, 0.3) is 17.0 Å². The topological polar surface area (TPSA) is 71.9 Å². The van der Waals surface area contributed by atoms with Crippen molar-refractivity contribution in [1.29, 1.82) is 0 Å². The normalized spacial score (nSPS) is 17.7. The zero-order chi connectivity index (χ0) is 24.9. The Labute approximate surface area is 214 Å². The third-order valence-corrected chi connectivity index (χ3v) is 7.48. The fourth-order valence-electron chi connectivity index (χ4n) is 4.69. The summed E-state index contributed by atoms with van der Waals surface area (Å²) in [6.07, 6.45) is 8.12. The average Bonchev–Trinajstić information content (AvgIpc) is 3.20. The second kappa shape index (κ2) is 11.0. The summed E-state index contributed by atoms with van der Waals surface area (Å²) in [6, 6.07) is 17.2. The number of nitrogens with zero attached hydrogens (tertiary/aromatic N) is 3. The van der Waals surface area contributed by atoms with Gasteiger partial charge in [0.15, 0.2) is 0 Å². The molecule has 2 aliphatic rings. The summed E-state index contributed by atoms with van der Waals surface area (Å²) in [6.45, 7) is 2.29. The number of imide groups is 1. The van der Waals surface area contributed by atoms with Gasteiger partial charge in [-0.05, 0) is 48.9 Å². The number of carbonyl (C=O) groups excluding carboxylic acids is 3. The maximum absolute atomic E-state index is 13.0. The minimum absolute atomic E-state index is 0.114. The summed E-state index contributed by atoms with van der Waals surface area (Å²) in [5, 5.41) is 0.642. The number of benzene rings is 2. The number of ether oxygens (including phenoxy) is 1. The highest BCUT2D eigenvalue weighted by Crippen LogP contribution is 2.34. The molecule has 2 fully saturated rings. The van der Waals surface area contributed by atoms with Crippen LogP contribution < -0.4 is 4.74 Å². The fourth-order valence-corrected chi connectivity index (χ4v) is 5.55. The van der Waals surface area contributed by atoms with Crippen LogP contribution in [0.1, 0.15) is 31.2 Å². The van der Waals surface area contributed by atoms with Gasteiger partial charge in [-0.3, -0.25) is 19.3 Å². The lowest BCUT2D eigenvalue weighted by Crippen LogP contribution is -2.34. The van der Waals surface area contributed by atoms with Crippen LogP contribution in [0.5, 0.6) is 5.75 Å². The maximum atomic E-state index is 13.0. The number of carbonyl (C=O) groups is 3. The van der Waals surface area contributed by atoms with Gasteiger partial charge in [-0.2, -0.15) is 0 Å². The molecule has 0 radical (unpaired) electrons. The standard InChI is InChI=1S/C28H29N3O4S/c32-26(29-14-8-1-2-9-15-29)20-30-19-21(23-12-6-7-13-24(23)30)18-25-27(33)31(28(34)36-25)16-17-35-22-10-4-3-5-11-22/h3-7,10-13,18-19H,1-2,8-9,14-17,20H2/b25-18-. The molecule has 3 aromatic rings. The second-order valence-electron chi connectivity index (χ2n) is 9.02. The van der Waals surface area contributed by atoms with E-state index in [1.807, 2.05) is 70.3 Å². The number of hydrogen-bond donors (Lipinski definition) is 0. The molecule has 0 saturated carbocycles. The molecule has 2 saturated heterocycles. The summed E-state index contributed by atoms with van der Waals surface area (Å²) in [7, 11) is 0. The molecular weight excluding hydrogens is 474 g/mol. The summed E-state index contributed by atoms with van der Waals surface area (Å²) in [4.78, 5) is 42.2. The van der Waals surface area contributed by atoms with Crippen molar-refractivity contribution in [1.82, 2.24) is 14.4 Å². The highest BCUT2D eigenvalue weighted by atomic mass is 32.2. The molecule has 0 aliphatic carbocycles. The predicted octanol–water partition coefficient (Wildman–Crippen LogP) is 5.16. The number of fused-ring (bicyclic) bond motifs is 1. The van der Waals surface area contributed by atoms with Crippen LogP contribution in [0.4, 0.5) is 4.79 Å². The Morgan fingerprint density at radius 3 is 2.44 bits per heavy atom. The molecule has 8 heteroatoms. The van der Waals surface area contributed by atoms with Gasteiger partial charge in [0.25, 0.3) is 11.1 Å². The molecule has 36 heavy (non-hydrogen) atoms. The quantitative estimate of drug-likeness (QED) is 0.417. The first-order valence-corrected chi connectivity index (χ1v) is 13.2. The molecule has 5 rings (SSSR count). The van der Waals surface area contributed by atoms with Gasteiger partial charge in [0.2, 0.25) is 5.91 Å². The van der Waals surface area contributed by atoms with E-state index >= 15 is 0 Å². The van der Waals surface area contributed by atoms with Gasteiger partial charge in [-0.15, -0.1) is 0 Å². The molecule has 0 bridgehead atoms. The van der Waals surface area contributed by atoms with Crippen molar-refractivity contribution in [2.45, 2.75) is 32.2 Å². The SMILES string of the molecule is O=C(Cn1cc(/C=C2\SC(=O)N(CCOc3ccccc3)C2=O)c2ccccc21)N1CCCCCC1. The van der Waals surface area contributed by atoms with Crippen molar-refractivity contribution < 1.29 is 19.1 Å². The van der Waals surface area contributed by atoms with Gasteiger partial charge < -0.3 is 14.2 Å². The van der Waals surface area contributed by atoms with E-state index in [0.717, 1.165) is 54.2 Å². The third kappa shape index (κ3) is 5.33. The lowest BCUT2D eigenvalue weighted by atomic mass is 10.1. The van der Waals surface area contributed by atoms with Crippen molar-refractivity contribution in [3.05, 3.63) is 71.3 Å². The molecule has 0 atom stereocenters. The van der Waals surface area contributed by atoms with E-state index in [-0.39, 0.29) is 36.7 Å². The highest BCUT2D eigenvalue weighted by Gasteiger charge is 2.35. The minimum atomic E-state index is -0.320. The molecule has 3 amide bonds. The van der Waals surface area contributed by atoms with Gasteiger partial charge in [-0.25, -0.2) is 0 Å². The number of para-hydroxylation sites is 2. The van der Waals surface area contributed by atoms with E-state index < -0.39 is 0 Å². The first kappa shape index (κ1) is 24.2. The minimum Gasteiger partial charge on any atom is -0.492 e. The fraction of sp³-hybridized carbons (Fsp3) is 0.321. The Kier molecular flexibility index (Phi) is 7.41. The van der Waals surface area contributed by atoms with Crippen LogP contribution in [0.15, 0.2) is 65.7 Å².